The number of ether oxygens (including phenoxy) is 1. The molecule has 6 heteroatoms. The largest absolute Gasteiger partial charge is 0.492 e. The molecule has 0 amide bonds. The van der Waals surface area contributed by atoms with Gasteiger partial charge in [-0.3, -0.25) is 0 Å². The molecule has 2 rings (SSSR count). The second kappa shape index (κ2) is 7.81. The minimum Gasteiger partial charge on any atom is -0.492 e. The highest BCUT2D eigenvalue weighted by Crippen LogP contribution is 2.24. The van der Waals surface area contributed by atoms with Crippen LogP contribution in [0.15, 0.2) is 24.3 Å². The van der Waals surface area contributed by atoms with Crippen molar-refractivity contribution in [2.45, 2.75) is 39.2 Å². The normalized spacial score (nSPS) is 10.7. The van der Waals surface area contributed by atoms with Crippen molar-refractivity contribution in [2.75, 3.05) is 6.61 Å². The van der Waals surface area contributed by atoms with Gasteiger partial charge in [0.1, 0.15) is 18.4 Å². The fourth-order valence-corrected chi connectivity index (χ4v) is 2.55. The fraction of sp³-hybridized carbons (Fsp3) is 0.438. The standard InChI is InChI=1S/C16H19ClN4O/c1-3-12(4-2)16-15(11-18)19-20-21(16)9-10-22-14-7-5-13(17)6-8-14/h5-8,12H,3-4,9-10H2,1-2H3. The Bertz CT molecular complexity index is 641. The Morgan fingerprint density at radius 1 is 1.27 bits per heavy atom. The minimum absolute atomic E-state index is 0.292. The van der Waals surface area contributed by atoms with Gasteiger partial charge in [0.15, 0.2) is 5.69 Å². The Morgan fingerprint density at radius 2 is 1.95 bits per heavy atom. The predicted molar refractivity (Wildman–Crippen MR) is 85.0 cm³/mol. The maximum atomic E-state index is 9.19. The fourth-order valence-electron chi connectivity index (χ4n) is 2.43. The van der Waals surface area contributed by atoms with E-state index in [0.29, 0.717) is 29.8 Å². The molecule has 0 aliphatic rings. The topological polar surface area (TPSA) is 63.7 Å². The Balaban J connectivity index is 2.05. The van der Waals surface area contributed by atoms with E-state index in [1.54, 1.807) is 16.8 Å². The van der Waals surface area contributed by atoms with Gasteiger partial charge in [0.05, 0.1) is 12.2 Å². The number of hydrogen-bond acceptors (Lipinski definition) is 4. The molecule has 0 N–H and O–H groups in total. The quantitative estimate of drug-likeness (QED) is 0.779. The van der Waals surface area contributed by atoms with E-state index in [9.17, 15) is 5.26 Å². The van der Waals surface area contributed by atoms with E-state index in [2.05, 4.69) is 30.2 Å². The van der Waals surface area contributed by atoms with Crippen LogP contribution in [0.1, 0.15) is 44.0 Å². The van der Waals surface area contributed by atoms with Gasteiger partial charge in [-0.2, -0.15) is 5.26 Å². The Hall–Kier alpha value is -2.06. The molecule has 0 saturated carbocycles. The lowest BCUT2D eigenvalue weighted by molar-refractivity contribution is 0.285. The molecule has 22 heavy (non-hydrogen) atoms. The molecule has 1 heterocycles. The second-order valence-corrected chi connectivity index (χ2v) is 5.41. The van der Waals surface area contributed by atoms with Crippen molar-refractivity contribution in [1.82, 2.24) is 15.0 Å². The zero-order valence-electron chi connectivity index (χ0n) is 12.8. The third-order valence-electron chi connectivity index (χ3n) is 3.64. The number of rotatable bonds is 7. The van der Waals surface area contributed by atoms with Crippen LogP contribution in [0.5, 0.6) is 5.75 Å². The highest BCUT2D eigenvalue weighted by atomic mass is 35.5. The van der Waals surface area contributed by atoms with Crippen molar-refractivity contribution in [3.8, 4) is 11.8 Å². The van der Waals surface area contributed by atoms with E-state index in [0.717, 1.165) is 24.3 Å². The molecule has 5 nitrogen and oxygen atoms in total. The SMILES string of the molecule is CCC(CC)c1c(C#N)nnn1CCOc1ccc(Cl)cc1. The molecule has 116 valence electrons. The third-order valence-corrected chi connectivity index (χ3v) is 3.89. The summed E-state index contributed by atoms with van der Waals surface area (Å²) in [5.41, 5.74) is 1.33. The molecule has 0 bridgehead atoms. The first kappa shape index (κ1) is 16.3. The summed E-state index contributed by atoms with van der Waals surface area (Å²) < 4.78 is 7.46. The van der Waals surface area contributed by atoms with Crippen molar-refractivity contribution in [2.24, 2.45) is 0 Å². The van der Waals surface area contributed by atoms with Crippen LogP contribution >= 0.6 is 11.6 Å². The number of benzene rings is 1. The van der Waals surface area contributed by atoms with E-state index < -0.39 is 0 Å². The molecule has 1 aromatic carbocycles. The zero-order chi connectivity index (χ0) is 15.9. The molecule has 0 atom stereocenters. The number of hydrogen-bond donors (Lipinski definition) is 0. The van der Waals surface area contributed by atoms with Crippen LogP contribution < -0.4 is 4.74 Å². The van der Waals surface area contributed by atoms with Crippen molar-refractivity contribution in [1.29, 1.82) is 5.26 Å². The van der Waals surface area contributed by atoms with E-state index in [1.807, 2.05) is 12.1 Å². The molecule has 0 aliphatic heterocycles. The zero-order valence-corrected chi connectivity index (χ0v) is 13.5. The average Bonchev–Trinajstić information content (AvgIpc) is 2.94. The first-order valence-corrected chi connectivity index (χ1v) is 7.79. The predicted octanol–water partition coefficient (Wildman–Crippen LogP) is 3.79. The average molecular weight is 319 g/mol. The highest BCUT2D eigenvalue weighted by Gasteiger charge is 2.19. The Labute approximate surface area is 135 Å². The highest BCUT2D eigenvalue weighted by molar-refractivity contribution is 6.30. The van der Waals surface area contributed by atoms with E-state index >= 15 is 0 Å². The van der Waals surface area contributed by atoms with E-state index in [-0.39, 0.29) is 0 Å². The molecular weight excluding hydrogens is 300 g/mol. The summed E-state index contributed by atoms with van der Waals surface area (Å²) in [6.45, 7) is 5.24. The molecule has 0 aliphatic carbocycles. The molecule has 0 unspecified atom stereocenters. The van der Waals surface area contributed by atoms with Gasteiger partial charge < -0.3 is 4.74 Å². The van der Waals surface area contributed by atoms with Gasteiger partial charge in [0.25, 0.3) is 0 Å². The lowest BCUT2D eigenvalue weighted by atomic mass is 9.98. The summed E-state index contributed by atoms with van der Waals surface area (Å²) in [7, 11) is 0. The van der Waals surface area contributed by atoms with Crippen molar-refractivity contribution < 1.29 is 4.74 Å². The van der Waals surface area contributed by atoms with Gasteiger partial charge in [-0.05, 0) is 37.1 Å². The molecular formula is C16H19ClN4O. The lowest BCUT2D eigenvalue weighted by Crippen LogP contribution is -2.15. The van der Waals surface area contributed by atoms with Crippen LogP contribution in [0.3, 0.4) is 0 Å². The van der Waals surface area contributed by atoms with Crippen LogP contribution in [0.2, 0.25) is 5.02 Å². The maximum absolute atomic E-state index is 9.19. The van der Waals surface area contributed by atoms with Crippen LogP contribution in [-0.4, -0.2) is 21.6 Å². The molecule has 0 fully saturated rings. The summed E-state index contributed by atoms with van der Waals surface area (Å²) in [5, 5.41) is 17.9. The van der Waals surface area contributed by atoms with Gasteiger partial charge in [-0.15, -0.1) is 5.10 Å². The summed E-state index contributed by atoms with van der Waals surface area (Å²) in [4.78, 5) is 0. The van der Waals surface area contributed by atoms with Crippen molar-refractivity contribution in [3.05, 3.63) is 40.7 Å². The van der Waals surface area contributed by atoms with Gasteiger partial charge in [-0.25, -0.2) is 4.68 Å². The van der Waals surface area contributed by atoms with Gasteiger partial charge >= 0.3 is 0 Å². The van der Waals surface area contributed by atoms with Crippen LogP contribution in [0.4, 0.5) is 0 Å². The number of aromatic nitrogens is 3. The first-order valence-electron chi connectivity index (χ1n) is 7.41. The first-order chi connectivity index (χ1) is 10.7. The third kappa shape index (κ3) is 3.77. The van der Waals surface area contributed by atoms with Crippen LogP contribution in [0.25, 0.3) is 0 Å². The molecule has 2 aromatic rings. The second-order valence-electron chi connectivity index (χ2n) is 4.97. The van der Waals surface area contributed by atoms with Gasteiger partial charge in [0, 0.05) is 10.9 Å². The van der Waals surface area contributed by atoms with E-state index in [1.165, 1.54) is 0 Å². The minimum atomic E-state index is 0.292. The Morgan fingerprint density at radius 3 is 2.55 bits per heavy atom. The van der Waals surface area contributed by atoms with Gasteiger partial charge in [-0.1, -0.05) is 30.7 Å². The molecule has 0 spiro atoms. The van der Waals surface area contributed by atoms with Crippen molar-refractivity contribution >= 4 is 11.6 Å². The van der Waals surface area contributed by atoms with E-state index in [4.69, 9.17) is 16.3 Å². The monoisotopic (exact) mass is 318 g/mol. The lowest BCUT2D eigenvalue weighted by Gasteiger charge is -2.14. The molecule has 1 aromatic heterocycles. The summed E-state index contributed by atoms with van der Waals surface area (Å²) >= 11 is 5.84. The summed E-state index contributed by atoms with van der Waals surface area (Å²) in [5.74, 6) is 1.05. The molecule has 0 radical (unpaired) electrons. The number of halogens is 1. The summed E-state index contributed by atoms with van der Waals surface area (Å²) in [6.07, 6.45) is 1.91. The van der Waals surface area contributed by atoms with Crippen LogP contribution in [0, 0.1) is 11.3 Å². The number of nitrogens with zero attached hydrogens (tertiary/aromatic N) is 4. The van der Waals surface area contributed by atoms with Gasteiger partial charge in [0.2, 0.25) is 0 Å². The summed E-state index contributed by atoms with van der Waals surface area (Å²) in [6, 6.07) is 9.36. The van der Waals surface area contributed by atoms with Crippen molar-refractivity contribution in [3.63, 3.8) is 0 Å². The van der Waals surface area contributed by atoms with Crippen LogP contribution in [-0.2, 0) is 6.54 Å². The Kier molecular flexibility index (Phi) is 5.79. The molecule has 0 saturated heterocycles. The number of nitriles is 1. The smallest absolute Gasteiger partial charge is 0.186 e. The maximum Gasteiger partial charge on any atom is 0.186 e.